The summed E-state index contributed by atoms with van der Waals surface area (Å²) >= 11 is 0. The van der Waals surface area contributed by atoms with Crippen molar-refractivity contribution in [3.63, 3.8) is 0 Å². The first kappa shape index (κ1) is 16.9. The average molecular weight is 306 g/mol. The molecule has 1 amide bonds. The van der Waals surface area contributed by atoms with Gasteiger partial charge in [0.25, 0.3) is 11.6 Å². The Morgan fingerprint density at radius 3 is 2.86 bits per heavy atom. The van der Waals surface area contributed by atoms with Gasteiger partial charge in [-0.25, -0.2) is 0 Å². The minimum Gasteiger partial charge on any atom is -0.494 e. The Kier molecular flexibility index (Phi) is 6.33. The number of methoxy groups -OCH3 is 1. The molecule has 0 heterocycles. The number of ether oxygens (including phenoxy) is 1. The summed E-state index contributed by atoms with van der Waals surface area (Å²) in [5.74, 6) is -0.608. The van der Waals surface area contributed by atoms with Crippen LogP contribution in [0.25, 0.3) is 0 Å². The van der Waals surface area contributed by atoms with E-state index in [-0.39, 0.29) is 35.8 Å². The van der Waals surface area contributed by atoms with Gasteiger partial charge >= 0.3 is 0 Å². The number of nitrogens with one attached hydrogen (secondary N) is 2. The Bertz CT molecular complexity index is 636. The van der Waals surface area contributed by atoms with E-state index in [2.05, 4.69) is 10.6 Å². The monoisotopic (exact) mass is 306 g/mol. The van der Waals surface area contributed by atoms with E-state index < -0.39 is 10.8 Å². The quantitative estimate of drug-likeness (QED) is 0.219. The summed E-state index contributed by atoms with van der Waals surface area (Å²) in [6, 6.07) is 5.38. The molecule has 0 fully saturated rings. The second-order valence-corrected chi connectivity index (χ2v) is 3.94. The van der Waals surface area contributed by atoms with Crippen LogP contribution >= 0.6 is 0 Å². The molecule has 0 aromatic heterocycles. The molecule has 3 N–H and O–H groups in total. The van der Waals surface area contributed by atoms with Crippen LogP contribution in [0.1, 0.15) is 0 Å². The van der Waals surface area contributed by atoms with Crippen molar-refractivity contribution in [3.05, 3.63) is 40.1 Å². The molecular weight excluding hydrogens is 292 g/mol. The number of aliphatic hydroxyl groups excluding tert-OH is 1. The lowest BCUT2D eigenvalue weighted by atomic mass is 10.2. The van der Waals surface area contributed by atoms with Gasteiger partial charge in [-0.05, 0) is 6.07 Å². The van der Waals surface area contributed by atoms with Crippen LogP contribution in [0.2, 0.25) is 0 Å². The Balaban J connectivity index is 2.94. The zero-order valence-corrected chi connectivity index (χ0v) is 11.7. The Labute approximate surface area is 126 Å². The van der Waals surface area contributed by atoms with Gasteiger partial charge in [-0.1, -0.05) is 0 Å². The smallest absolute Gasteiger partial charge is 0.273 e. The summed E-state index contributed by atoms with van der Waals surface area (Å²) in [5, 5.41) is 33.2. The van der Waals surface area contributed by atoms with Crippen LogP contribution in [0.3, 0.4) is 0 Å². The van der Waals surface area contributed by atoms with Gasteiger partial charge in [0.15, 0.2) is 0 Å². The highest BCUT2D eigenvalue weighted by Gasteiger charge is 2.15. The number of nitrogens with zero attached hydrogens (tertiary/aromatic N) is 2. The molecule has 0 spiro atoms. The number of non-ortho nitro benzene ring substituents is 1. The van der Waals surface area contributed by atoms with Crippen LogP contribution in [0.5, 0.6) is 5.75 Å². The summed E-state index contributed by atoms with van der Waals surface area (Å²) in [4.78, 5) is 22.0. The first-order valence-corrected chi connectivity index (χ1v) is 6.11. The predicted molar refractivity (Wildman–Crippen MR) is 77.1 cm³/mol. The summed E-state index contributed by atoms with van der Waals surface area (Å²) in [5.41, 5.74) is -0.203. The van der Waals surface area contributed by atoms with Crippen LogP contribution in [0, 0.1) is 21.4 Å². The standard InChI is InChI=1S/C13H14N4O5/c1-22-12-6-10(17(20)21)2-3-11(12)16-13(19)9(7-14)8-15-4-5-18/h2-3,6,8,15,18H,4-5H2,1H3,(H,16,19)/b9-8-. The highest BCUT2D eigenvalue weighted by molar-refractivity contribution is 6.07. The predicted octanol–water partition coefficient (Wildman–Crippen LogP) is 0.531. The van der Waals surface area contributed by atoms with Gasteiger partial charge in [0, 0.05) is 18.8 Å². The van der Waals surface area contributed by atoms with E-state index in [9.17, 15) is 14.9 Å². The molecule has 22 heavy (non-hydrogen) atoms. The van der Waals surface area contributed by atoms with Gasteiger partial charge in [0.2, 0.25) is 0 Å². The number of hydrogen-bond acceptors (Lipinski definition) is 7. The van der Waals surface area contributed by atoms with Crippen molar-refractivity contribution in [2.45, 2.75) is 0 Å². The zero-order chi connectivity index (χ0) is 16.5. The van der Waals surface area contributed by atoms with E-state index in [0.717, 1.165) is 6.07 Å². The molecule has 9 nitrogen and oxygen atoms in total. The van der Waals surface area contributed by atoms with E-state index >= 15 is 0 Å². The molecule has 0 atom stereocenters. The molecule has 0 unspecified atom stereocenters. The minimum absolute atomic E-state index is 0.100. The van der Waals surface area contributed by atoms with Crippen molar-refractivity contribution in [1.29, 1.82) is 5.26 Å². The van der Waals surface area contributed by atoms with E-state index in [1.54, 1.807) is 6.07 Å². The lowest BCUT2D eigenvalue weighted by Gasteiger charge is -2.09. The van der Waals surface area contributed by atoms with Gasteiger partial charge < -0.3 is 20.5 Å². The third kappa shape index (κ3) is 4.46. The molecule has 0 aliphatic rings. The van der Waals surface area contributed by atoms with Gasteiger partial charge in [-0.2, -0.15) is 5.26 Å². The van der Waals surface area contributed by atoms with Crippen molar-refractivity contribution >= 4 is 17.3 Å². The molecule has 116 valence electrons. The summed E-state index contributed by atoms with van der Waals surface area (Å²) in [7, 11) is 1.30. The van der Waals surface area contributed by atoms with E-state index in [1.165, 1.54) is 25.4 Å². The molecule has 9 heteroatoms. The number of nitro benzene ring substituents is 1. The molecule has 0 saturated carbocycles. The second-order valence-electron chi connectivity index (χ2n) is 3.94. The second kappa shape index (κ2) is 8.23. The summed E-state index contributed by atoms with van der Waals surface area (Å²) < 4.78 is 4.98. The van der Waals surface area contributed by atoms with Gasteiger partial charge in [0.05, 0.1) is 30.4 Å². The highest BCUT2D eigenvalue weighted by Crippen LogP contribution is 2.29. The maximum absolute atomic E-state index is 11.9. The van der Waals surface area contributed by atoms with E-state index in [4.69, 9.17) is 15.1 Å². The van der Waals surface area contributed by atoms with Gasteiger partial charge in [-0.3, -0.25) is 14.9 Å². The summed E-state index contributed by atoms with van der Waals surface area (Å²) in [6.07, 6.45) is 1.17. The van der Waals surface area contributed by atoms with Crippen LogP contribution in [-0.2, 0) is 4.79 Å². The number of carbonyl (C=O) groups excluding carboxylic acids is 1. The average Bonchev–Trinajstić information content (AvgIpc) is 2.51. The van der Waals surface area contributed by atoms with Crippen LogP contribution in [0.15, 0.2) is 30.0 Å². The number of amides is 1. The molecule has 1 rings (SSSR count). The highest BCUT2D eigenvalue weighted by atomic mass is 16.6. The lowest BCUT2D eigenvalue weighted by molar-refractivity contribution is -0.384. The fraction of sp³-hybridized carbons (Fsp3) is 0.231. The molecule has 1 aromatic carbocycles. The van der Waals surface area contributed by atoms with Crippen molar-refractivity contribution in [2.75, 3.05) is 25.6 Å². The number of rotatable bonds is 7. The number of benzene rings is 1. The third-order valence-electron chi connectivity index (χ3n) is 2.51. The fourth-order valence-electron chi connectivity index (χ4n) is 1.47. The third-order valence-corrected chi connectivity index (χ3v) is 2.51. The number of carbonyl (C=O) groups is 1. The van der Waals surface area contributed by atoms with Crippen LogP contribution in [-0.4, -0.2) is 36.2 Å². The normalized spacial score (nSPS) is 10.5. The topological polar surface area (TPSA) is 138 Å². The van der Waals surface area contributed by atoms with Crippen molar-refractivity contribution < 1.29 is 19.6 Å². The number of nitriles is 1. The molecule has 0 radical (unpaired) electrons. The largest absolute Gasteiger partial charge is 0.494 e. The van der Waals surface area contributed by atoms with Crippen molar-refractivity contribution in [3.8, 4) is 11.8 Å². The minimum atomic E-state index is -0.708. The molecular formula is C13H14N4O5. The lowest BCUT2D eigenvalue weighted by Crippen LogP contribution is -2.18. The van der Waals surface area contributed by atoms with Crippen LogP contribution in [0.4, 0.5) is 11.4 Å². The molecule has 0 aliphatic carbocycles. The first-order valence-electron chi connectivity index (χ1n) is 6.11. The van der Waals surface area contributed by atoms with Crippen molar-refractivity contribution in [1.82, 2.24) is 5.32 Å². The SMILES string of the molecule is COc1cc([N+](=O)[O-])ccc1NC(=O)/C(C#N)=C\NCCO. The van der Waals surface area contributed by atoms with Gasteiger partial charge in [-0.15, -0.1) is 0 Å². The Morgan fingerprint density at radius 1 is 1.59 bits per heavy atom. The summed E-state index contributed by atoms with van der Waals surface area (Å²) in [6.45, 7) is 0.0479. The molecule has 0 saturated heterocycles. The Morgan fingerprint density at radius 2 is 2.32 bits per heavy atom. The maximum atomic E-state index is 11.9. The molecule has 1 aromatic rings. The number of hydrogen-bond donors (Lipinski definition) is 3. The van der Waals surface area contributed by atoms with Crippen LogP contribution < -0.4 is 15.4 Å². The maximum Gasteiger partial charge on any atom is 0.273 e. The van der Waals surface area contributed by atoms with Crippen molar-refractivity contribution in [2.24, 2.45) is 0 Å². The van der Waals surface area contributed by atoms with E-state index in [0.29, 0.717) is 0 Å². The number of nitro groups is 1. The Hall–Kier alpha value is -3.12. The molecule has 0 aliphatic heterocycles. The van der Waals surface area contributed by atoms with E-state index in [1.807, 2.05) is 0 Å². The molecule has 0 bridgehead atoms. The fourth-order valence-corrected chi connectivity index (χ4v) is 1.47. The zero-order valence-electron chi connectivity index (χ0n) is 11.7. The van der Waals surface area contributed by atoms with Gasteiger partial charge in [0.1, 0.15) is 17.4 Å². The first-order chi connectivity index (χ1) is 10.5. The number of anilines is 1. The number of aliphatic hydroxyl groups is 1.